The molecule has 0 spiro atoms. The van der Waals surface area contributed by atoms with Gasteiger partial charge >= 0.3 is 0 Å². The number of amides is 1. The number of hydrogen-bond acceptors (Lipinski definition) is 4. The van der Waals surface area contributed by atoms with Gasteiger partial charge in [-0.15, -0.1) is 11.3 Å². The highest BCUT2D eigenvalue weighted by molar-refractivity contribution is 7.20. The molecule has 1 amide bonds. The van der Waals surface area contributed by atoms with Crippen molar-refractivity contribution in [3.63, 3.8) is 0 Å². The van der Waals surface area contributed by atoms with E-state index in [9.17, 15) is 4.79 Å². The fourth-order valence-electron chi connectivity index (χ4n) is 3.47. The molecule has 0 unspecified atom stereocenters. The lowest BCUT2D eigenvalue weighted by Crippen LogP contribution is -2.22. The lowest BCUT2D eigenvalue weighted by atomic mass is 10.2. The predicted molar refractivity (Wildman–Crippen MR) is 112 cm³/mol. The highest BCUT2D eigenvalue weighted by Crippen LogP contribution is 2.27. The molecular weight excluding hydrogens is 370 g/mol. The molecule has 3 aromatic heterocycles. The van der Waals surface area contributed by atoms with Crippen LogP contribution in [0.3, 0.4) is 0 Å². The summed E-state index contributed by atoms with van der Waals surface area (Å²) < 4.78 is 3.83. The van der Waals surface area contributed by atoms with Crippen molar-refractivity contribution in [3.05, 3.63) is 69.5 Å². The van der Waals surface area contributed by atoms with Gasteiger partial charge in [0.25, 0.3) is 5.91 Å². The van der Waals surface area contributed by atoms with Crippen LogP contribution in [0, 0.1) is 20.8 Å². The van der Waals surface area contributed by atoms with Gasteiger partial charge in [0.1, 0.15) is 4.83 Å². The molecule has 1 aromatic carbocycles. The third-order valence-corrected chi connectivity index (χ3v) is 6.25. The minimum atomic E-state index is -0.0600. The quantitative estimate of drug-likeness (QED) is 0.562. The van der Waals surface area contributed by atoms with E-state index in [2.05, 4.69) is 34.6 Å². The largest absolute Gasteiger partial charge is 0.347 e. The molecule has 0 bridgehead atoms. The molecule has 0 radical (unpaired) electrons. The number of aromatic nitrogens is 4. The molecule has 0 saturated heterocycles. The standard InChI is InChI=1S/C21H23N5OS/c1-13-17-10-19(28-21(17)25(4)23-13)20(27)22-11-18-14(2)24-26(15(18)3)12-16-8-6-5-7-9-16/h5-10H,11-12H2,1-4H3,(H,22,27). The monoisotopic (exact) mass is 393 g/mol. The van der Waals surface area contributed by atoms with Crippen LogP contribution in [0.25, 0.3) is 10.2 Å². The van der Waals surface area contributed by atoms with E-state index in [0.29, 0.717) is 11.4 Å². The molecule has 4 rings (SSSR count). The molecule has 0 aliphatic rings. The van der Waals surface area contributed by atoms with Gasteiger partial charge in [0.05, 0.1) is 22.8 Å². The Morgan fingerprint density at radius 1 is 1.11 bits per heavy atom. The van der Waals surface area contributed by atoms with Crippen LogP contribution in [-0.2, 0) is 20.1 Å². The van der Waals surface area contributed by atoms with Gasteiger partial charge in [-0.3, -0.25) is 14.2 Å². The zero-order valence-electron chi connectivity index (χ0n) is 16.5. The topological polar surface area (TPSA) is 64.7 Å². The summed E-state index contributed by atoms with van der Waals surface area (Å²) in [6.45, 7) is 7.20. The maximum atomic E-state index is 12.7. The second kappa shape index (κ2) is 7.24. The van der Waals surface area contributed by atoms with Gasteiger partial charge in [-0.1, -0.05) is 30.3 Å². The highest BCUT2D eigenvalue weighted by atomic mass is 32.1. The van der Waals surface area contributed by atoms with E-state index in [1.165, 1.54) is 16.9 Å². The SMILES string of the molecule is Cc1nn(Cc2ccccc2)c(C)c1CNC(=O)c1cc2c(C)nn(C)c2s1. The minimum absolute atomic E-state index is 0.0600. The third kappa shape index (κ3) is 3.33. The Kier molecular flexibility index (Phi) is 4.77. The second-order valence-electron chi connectivity index (χ2n) is 7.01. The molecule has 144 valence electrons. The molecule has 1 N–H and O–H groups in total. The Labute approximate surface area is 167 Å². The molecule has 7 heteroatoms. The van der Waals surface area contributed by atoms with Crippen LogP contribution in [0.1, 0.15) is 37.9 Å². The zero-order valence-corrected chi connectivity index (χ0v) is 17.3. The lowest BCUT2D eigenvalue weighted by Gasteiger charge is -2.07. The Morgan fingerprint density at radius 3 is 2.57 bits per heavy atom. The highest BCUT2D eigenvalue weighted by Gasteiger charge is 2.17. The van der Waals surface area contributed by atoms with E-state index in [4.69, 9.17) is 0 Å². The third-order valence-electron chi connectivity index (χ3n) is 5.05. The fraction of sp³-hybridized carbons (Fsp3) is 0.286. The van der Waals surface area contributed by atoms with Gasteiger partial charge < -0.3 is 5.32 Å². The Bertz CT molecular complexity index is 1120. The van der Waals surface area contributed by atoms with Gasteiger partial charge in [-0.2, -0.15) is 10.2 Å². The predicted octanol–water partition coefficient (Wildman–Crippen LogP) is 3.73. The van der Waals surface area contributed by atoms with E-state index in [1.807, 2.05) is 54.5 Å². The summed E-state index contributed by atoms with van der Waals surface area (Å²) in [7, 11) is 1.90. The summed E-state index contributed by atoms with van der Waals surface area (Å²) in [5, 5.41) is 13.1. The molecule has 3 heterocycles. The minimum Gasteiger partial charge on any atom is -0.347 e. The Balaban J connectivity index is 1.49. The molecule has 0 atom stereocenters. The number of hydrogen-bond donors (Lipinski definition) is 1. The summed E-state index contributed by atoms with van der Waals surface area (Å²) in [6, 6.07) is 12.2. The zero-order chi connectivity index (χ0) is 19.8. The van der Waals surface area contributed by atoms with Crippen LogP contribution in [0.5, 0.6) is 0 Å². The first-order chi connectivity index (χ1) is 13.4. The summed E-state index contributed by atoms with van der Waals surface area (Å²) in [5.41, 5.74) is 5.26. The van der Waals surface area contributed by atoms with Gasteiger partial charge in [0.2, 0.25) is 0 Å². The molecule has 4 aromatic rings. The van der Waals surface area contributed by atoms with Crippen molar-refractivity contribution in [2.24, 2.45) is 7.05 Å². The van der Waals surface area contributed by atoms with Crippen molar-refractivity contribution in [1.82, 2.24) is 24.9 Å². The van der Waals surface area contributed by atoms with E-state index in [1.54, 1.807) is 0 Å². The maximum Gasteiger partial charge on any atom is 0.261 e. The number of fused-ring (bicyclic) bond motifs is 1. The average Bonchev–Trinajstić information content (AvgIpc) is 3.31. The summed E-state index contributed by atoms with van der Waals surface area (Å²) in [4.78, 5) is 14.4. The number of carbonyl (C=O) groups is 1. The molecule has 0 aliphatic heterocycles. The second-order valence-corrected chi connectivity index (χ2v) is 8.04. The molecule has 0 fully saturated rings. The van der Waals surface area contributed by atoms with Crippen LogP contribution in [-0.4, -0.2) is 25.5 Å². The van der Waals surface area contributed by atoms with Crippen molar-refractivity contribution in [1.29, 1.82) is 0 Å². The number of aryl methyl sites for hydroxylation is 3. The summed E-state index contributed by atoms with van der Waals surface area (Å²) in [5.74, 6) is -0.0600. The molecule has 6 nitrogen and oxygen atoms in total. The van der Waals surface area contributed by atoms with Crippen LogP contribution in [0.2, 0.25) is 0 Å². The van der Waals surface area contributed by atoms with Gasteiger partial charge in [-0.05, 0) is 32.4 Å². The fourth-order valence-corrected chi connectivity index (χ4v) is 4.51. The van der Waals surface area contributed by atoms with E-state index in [-0.39, 0.29) is 5.91 Å². The van der Waals surface area contributed by atoms with Crippen LogP contribution in [0.4, 0.5) is 0 Å². The number of rotatable bonds is 5. The van der Waals surface area contributed by atoms with Gasteiger partial charge in [-0.25, -0.2) is 0 Å². The number of thiophene rings is 1. The normalized spacial score (nSPS) is 11.3. The van der Waals surface area contributed by atoms with Gasteiger partial charge in [0.15, 0.2) is 0 Å². The van der Waals surface area contributed by atoms with Gasteiger partial charge in [0, 0.05) is 30.2 Å². The smallest absolute Gasteiger partial charge is 0.261 e. The number of benzene rings is 1. The van der Waals surface area contributed by atoms with Crippen molar-refractivity contribution in [3.8, 4) is 0 Å². The molecule has 0 aliphatic carbocycles. The van der Waals surface area contributed by atoms with E-state index in [0.717, 1.165) is 39.4 Å². The summed E-state index contributed by atoms with van der Waals surface area (Å²) >= 11 is 1.47. The average molecular weight is 394 g/mol. The van der Waals surface area contributed by atoms with Crippen molar-refractivity contribution < 1.29 is 4.79 Å². The Hall–Kier alpha value is -2.93. The molecule has 28 heavy (non-hydrogen) atoms. The summed E-state index contributed by atoms with van der Waals surface area (Å²) in [6.07, 6.45) is 0. The first kappa shape index (κ1) is 18.4. The lowest BCUT2D eigenvalue weighted by molar-refractivity contribution is 0.0955. The van der Waals surface area contributed by atoms with Crippen molar-refractivity contribution >= 4 is 27.5 Å². The first-order valence-electron chi connectivity index (χ1n) is 9.22. The van der Waals surface area contributed by atoms with Crippen LogP contribution < -0.4 is 5.32 Å². The van der Waals surface area contributed by atoms with Crippen LogP contribution >= 0.6 is 11.3 Å². The van der Waals surface area contributed by atoms with Crippen LogP contribution in [0.15, 0.2) is 36.4 Å². The molecule has 0 saturated carbocycles. The number of nitrogens with one attached hydrogen (secondary N) is 1. The number of carbonyl (C=O) groups excluding carboxylic acids is 1. The van der Waals surface area contributed by atoms with E-state index < -0.39 is 0 Å². The van der Waals surface area contributed by atoms with Crippen molar-refractivity contribution in [2.75, 3.05) is 0 Å². The van der Waals surface area contributed by atoms with E-state index >= 15 is 0 Å². The number of nitrogens with zero attached hydrogens (tertiary/aromatic N) is 4. The molecular formula is C21H23N5OS. The Morgan fingerprint density at radius 2 is 1.86 bits per heavy atom. The first-order valence-corrected chi connectivity index (χ1v) is 10.0. The van der Waals surface area contributed by atoms with Crippen molar-refractivity contribution in [2.45, 2.75) is 33.9 Å². The maximum absolute atomic E-state index is 12.7.